The van der Waals surface area contributed by atoms with Crippen LogP contribution in [0.25, 0.3) is 0 Å². The number of imide groups is 1. The second-order valence-corrected chi connectivity index (χ2v) is 5.50. The van der Waals surface area contributed by atoms with Crippen LogP contribution in [-0.4, -0.2) is 27.0 Å². The van der Waals surface area contributed by atoms with Gasteiger partial charge in [-0.05, 0) is 12.1 Å². The van der Waals surface area contributed by atoms with Gasteiger partial charge in [0.1, 0.15) is 4.84 Å². The number of alkyl halides is 2. The Labute approximate surface area is 133 Å². The van der Waals surface area contributed by atoms with E-state index in [4.69, 9.17) is 28.4 Å². The largest absolute Gasteiger partial charge is 0.409 e. The molecule has 2 amide bonds. The lowest BCUT2D eigenvalue weighted by Gasteiger charge is -2.13. The molecule has 0 radical (unpaired) electrons. The van der Waals surface area contributed by atoms with Crippen LogP contribution >= 0.6 is 23.2 Å². The molecule has 1 aromatic heterocycles. The molecule has 0 spiro atoms. The lowest BCUT2D eigenvalue weighted by Crippen LogP contribution is -2.36. The summed E-state index contributed by atoms with van der Waals surface area (Å²) < 4.78 is 0. The van der Waals surface area contributed by atoms with Gasteiger partial charge in [-0.3, -0.25) is 9.59 Å². The third kappa shape index (κ3) is 2.15. The first-order valence-corrected chi connectivity index (χ1v) is 6.95. The average molecular weight is 339 g/mol. The normalized spacial score (nSPS) is 14.9. The first-order valence-electron chi connectivity index (χ1n) is 6.08. The molecular formula is C13H8Cl2N4O3. The fraction of sp³-hybridized carbons (Fsp3) is 0.0769. The number of aromatic nitrogens is 2. The van der Waals surface area contributed by atoms with Gasteiger partial charge >= 0.3 is 0 Å². The van der Waals surface area contributed by atoms with Gasteiger partial charge < -0.3 is 10.2 Å². The number of H-pyrrole nitrogens is 1. The van der Waals surface area contributed by atoms with Gasteiger partial charge in [-0.1, -0.05) is 40.5 Å². The summed E-state index contributed by atoms with van der Waals surface area (Å²) in [5, 5.41) is 12.1. The summed E-state index contributed by atoms with van der Waals surface area (Å²) in [7, 11) is 0. The highest BCUT2D eigenvalue weighted by molar-refractivity contribution is 6.43. The summed E-state index contributed by atoms with van der Waals surface area (Å²) in [5.41, 5.74) is 0.583. The molecule has 1 aliphatic heterocycles. The van der Waals surface area contributed by atoms with Crippen molar-refractivity contribution in [3.63, 3.8) is 0 Å². The Balaban J connectivity index is 2.14. The maximum absolute atomic E-state index is 12.4. The quantitative estimate of drug-likeness (QED) is 0.378. The maximum Gasteiger partial charge on any atom is 0.267 e. The zero-order chi connectivity index (χ0) is 15.9. The number of nitrogens with zero attached hydrogens (tertiary/aromatic N) is 3. The molecule has 2 heterocycles. The van der Waals surface area contributed by atoms with Crippen LogP contribution in [0.15, 0.2) is 35.6 Å². The Bertz CT molecular complexity index is 812. The van der Waals surface area contributed by atoms with Crippen LogP contribution in [0.2, 0.25) is 0 Å². The van der Waals surface area contributed by atoms with E-state index in [9.17, 15) is 9.59 Å². The standard InChI is InChI=1S/C13H8Cl2N4O3/c14-9(15)8-5-16-11(10(17-8)18-22)19-12(20)6-3-1-2-4-7(6)13(19)21/h1-5,9,22H,(H,17,18). The molecule has 7 nitrogen and oxygen atoms in total. The van der Waals surface area contributed by atoms with Gasteiger partial charge in [-0.2, -0.15) is 0 Å². The number of amides is 2. The summed E-state index contributed by atoms with van der Waals surface area (Å²) in [4.78, 5) is 31.2. The molecular weight excluding hydrogens is 331 g/mol. The molecule has 0 bridgehead atoms. The Kier molecular flexibility index (Phi) is 3.59. The molecule has 0 unspecified atom stereocenters. The maximum atomic E-state index is 12.4. The summed E-state index contributed by atoms with van der Waals surface area (Å²) in [5.74, 6) is -1.23. The first kappa shape index (κ1) is 14.6. The number of carbonyl (C=O) groups excluding carboxylic acids is 2. The summed E-state index contributed by atoms with van der Waals surface area (Å²) in [6.45, 7) is 0. The molecule has 2 aromatic rings. The van der Waals surface area contributed by atoms with Crippen molar-refractivity contribution in [3.8, 4) is 0 Å². The highest BCUT2D eigenvalue weighted by Crippen LogP contribution is 2.26. The second-order valence-electron chi connectivity index (χ2n) is 4.40. The average Bonchev–Trinajstić information content (AvgIpc) is 2.78. The molecule has 0 fully saturated rings. The minimum absolute atomic E-state index is 0.133. The number of rotatable bonds is 2. The Morgan fingerprint density at radius 1 is 1.18 bits per heavy atom. The summed E-state index contributed by atoms with van der Waals surface area (Å²) >= 11 is 11.4. The SMILES string of the molecule is O=C1c2ccccc2C(=O)N1c1ncc(C(Cl)Cl)[nH]/c1=N/O. The molecule has 0 aliphatic carbocycles. The van der Waals surface area contributed by atoms with Crippen molar-refractivity contribution in [1.82, 2.24) is 9.97 Å². The van der Waals surface area contributed by atoms with Crippen LogP contribution in [0, 0.1) is 0 Å². The number of hydrogen-bond donors (Lipinski definition) is 2. The van der Waals surface area contributed by atoms with E-state index >= 15 is 0 Å². The van der Waals surface area contributed by atoms with Gasteiger partial charge in [0.15, 0.2) is 5.82 Å². The molecule has 9 heteroatoms. The van der Waals surface area contributed by atoms with E-state index in [-0.39, 0.29) is 28.1 Å². The van der Waals surface area contributed by atoms with Crippen LogP contribution in [0.5, 0.6) is 0 Å². The van der Waals surface area contributed by atoms with Crippen LogP contribution in [0.4, 0.5) is 5.82 Å². The van der Waals surface area contributed by atoms with E-state index in [2.05, 4.69) is 15.1 Å². The van der Waals surface area contributed by atoms with Crippen molar-refractivity contribution in [2.75, 3.05) is 4.90 Å². The van der Waals surface area contributed by atoms with E-state index in [0.717, 1.165) is 4.90 Å². The number of fused-ring (bicyclic) bond motifs is 1. The number of benzene rings is 1. The Hall–Kier alpha value is -2.38. The van der Waals surface area contributed by atoms with Gasteiger partial charge in [0, 0.05) is 0 Å². The van der Waals surface area contributed by atoms with Crippen molar-refractivity contribution in [2.24, 2.45) is 5.16 Å². The summed E-state index contributed by atoms with van der Waals surface area (Å²) in [6.07, 6.45) is 1.26. The smallest absolute Gasteiger partial charge is 0.267 e. The van der Waals surface area contributed by atoms with Crippen molar-refractivity contribution < 1.29 is 14.8 Å². The van der Waals surface area contributed by atoms with Crippen LogP contribution in [-0.2, 0) is 0 Å². The lowest BCUT2D eigenvalue weighted by atomic mass is 10.1. The first-order chi connectivity index (χ1) is 10.5. The third-order valence-electron chi connectivity index (χ3n) is 3.14. The zero-order valence-electron chi connectivity index (χ0n) is 10.8. The fourth-order valence-electron chi connectivity index (χ4n) is 2.14. The molecule has 2 N–H and O–H groups in total. The van der Waals surface area contributed by atoms with Crippen LogP contribution in [0.1, 0.15) is 31.2 Å². The number of hydrogen-bond acceptors (Lipinski definition) is 5. The number of anilines is 1. The minimum atomic E-state index is -0.927. The molecule has 3 rings (SSSR count). The topological polar surface area (TPSA) is 98.7 Å². The monoisotopic (exact) mass is 338 g/mol. The molecule has 1 aliphatic rings. The highest BCUT2D eigenvalue weighted by atomic mass is 35.5. The van der Waals surface area contributed by atoms with Gasteiger partial charge in [-0.15, -0.1) is 0 Å². The molecule has 22 heavy (non-hydrogen) atoms. The number of carbonyl (C=O) groups is 2. The predicted molar refractivity (Wildman–Crippen MR) is 78.0 cm³/mol. The van der Waals surface area contributed by atoms with E-state index < -0.39 is 16.7 Å². The predicted octanol–water partition coefficient (Wildman–Crippen LogP) is 1.98. The molecule has 1 aromatic carbocycles. The van der Waals surface area contributed by atoms with E-state index in [1.54, 1.807) is 12.1 Å². The van der Waals surface area contributed by atoms with Gasteiger partial charge in [0.05, 0.1) is 23.0 Å². The van der Waals surface area contributed by atoms with Gasteiger partial charge in [-0.25, -0.2) is 9.88 Å². The molecule has 112 valence electrons. The molecule has 0 saturated carbocycles. The van der Waals surface area contributed by atoms with E-state index in [1.807, 2.05) is 0 Å². The van der Waals surface area contributed by atoms with Crippen molar-refractivity contribution in [1.29, 1.82) is 0 Å². The number of nitrogens with one attached hydrogen (secondary N) is 1. The molecule has 0 saturated heterocycles. The van der Waals surface area contributed by atoms with Crippen molar-refractivity contribution in [3.05, 3.63) is 52.8 Å². The van der Waals surface area contributed by atoms with Crippen molar-refractivity contribution in [2.45, 2.75) is 4.84 Å². The van der Waals surface area contributed by atoms with Gasteiger partial charge in [0.2, 0.25) is 5.49 Å². The number of aromatic amines is 1. The number of halogens is 2. The van der Waals surface area contributed by atoms with Crippen molar-refractivity contribution >= 4 is 40.8 Å². The van der Waals surface area contributed by atoms with Gasteiger partial charge in [0.25, 0.3) is 11.8 Å². The molecule has 0 atom stereocenters. The van der Waals surface area contributed by atoms with Crippen LogP contribution < -0.4 is 10.4 Å². The Morgan fingerprint density at radius 3 is 2.27 bits per heavy atom. The van der Waals surface area contributed by atoms with Crippen LogP contribution in [0.3, 0.4) is 0 Å². The Morgan fingerprint density at radius 2 is 1.77 bits per heavy atom. The lowest BCUT2D eigenvalue weighted by molar-refractivity contribution is 0.0924. The van der Waals surface area contributed by atoms with E-state index in [1.165, 1.54) is 18.3 Å². The minimum Gasteiger partial charge on any atom is -0.409 e. The highest BCUT2D eigenvalue weighted by Gasteiger charge is 2.38. The summed E-state index contributed by atoms with van der Waals surface area (Å²) in [6, 6.07) is 6.38. The fourth-order valence-corrected chi connectivity index (χ4v) is 2.36. The third-order valence-corrected chi connectivity index (χ3v) is 3.61. The van der Waals surface area contributed by atoms with E-state index in [0.29, 0.717) is 0 Å². The zero-order valence-corrected chi connectivity index (χ0v) is 12.3. The second kappa shape index (κ2) is 5.43.